The van der Waals surface area contributed by atoms with Crippen LogP contribution >= 0.6 is 0 Å². The molecule has 0 radical (unpaired) electrons. The summed E-state index contributed by atoms with van der Waals surface area (Å²) in [5.41, 5.74) is 1.54. The summed E-state index contributed by atoms with van der Waals surface area (Å²) in [5, 5.41) is 3.40. The minimum atomic E-state index is -0.605. The predicted molar refractivity (Wildman–Crippen MR) is 162 cm³/mol. The van der Waals surface area contributed by atoms with E-state index in [9.17, 15) is 9.59 Å². The molecule has 2 aliphatic carbocycles. The summed E-state index contributed by atoms with van der Waals surface area (Å²) in [7, 11) is 4.05. The number of benzene rings is 2. The predicted octanol–water partition coefficient (Wildman–Crippen LogP) is 5.97. The van der Waals surface area contributed by atoms with Crippen LogP contribution in [0.25, 0.3) is 0 Å². The van der Waals surface area contributed by atoms with E-state index in [-0.39, 0.29) is 23.3 Å². The lowest BCUT2D eigenvalue weighted by Crippen LogP contribution is -2.72. The Bertz CT molecular complexity index is 1200. The van der Waals surface area contributed by atoms with Gasteiger partial charge >= 0.3 is 5.97 Å². The van der Waals surface area contributed by atoms with Crippen molar-refractivity contribution in [2.24, 2.45) is 5.92 Å². The van der Waals surface area contributed by atoms with Crippen LogP contribution in [0.4, 0.5) is 0 Å². The van der Waals surface area contributed by atoms with Gasteiger partial charge in [0, 0.05) is 37.1 Å². The fourth-order valence-corrected chi connectivity index (χ4v) is 7.91. The second-order valence-corrected chi connectivity index (χ2v) is 13.3. The Balaban J connectivity index is 1.30. The monoisotopic (exact) mass is 561 g/mol. The number of methoxy groups -OCH3 is 1. The number of carbonyl (C=O) groups is 2. The van der Waals surface area contributed by atoms with Crippen LogP contribution in [-0.2, 0) is 26.2 Å². The minimum absolute atomic E-state index is 0.0574. The molecule has 2 aromatic carbocycles. The zero-order valence-corrected chi connectivity index (χ0v) is 25.3. The van der Waals surface area contributed by atoms with Gasteiger partial charge in [0.05, 0.1) is 27.2 Å². The molecule has 4 atom stereocenters. The molecule has 1 aliphatic heterocycles. The summed E-state index contributed by atoms with van der Waals surface area (Å²) in [4.78, 5) is 25.8. The van der Waals surface area contributed by atoms with Gasteiger partial charge < -0.3 is 19.3 Å². The van der Waals surface area contributed by atoms with E-state index in [0.717, 1.165) is 92.7 Å². The minimum Gasteiger partial charge on any atom is -0.497 e. The number of carbonyl (C=O) groups excluding carboxylic acids is 2. The molecule has 222 valence electrons. The van der Waals surface area contributed by atoms with Crippen molar-refractivity contribution in [3.63, 3.8) is 0 Å². The Hall–Kier alpha value is -2.86. The van der Waals surface area contributed by atoms with Gasteiger partial charge in [-0.2, -0.15) is 0 Å². The largest absolute Gasteiger partial charge is 0.497 e. The maximum atomic E-state index is 13.1. The number of fused-ring (bicyclic) bond motifs is 1. The number of nitrogens with one attached hydrogen (secondary N) is 1. The van der Waals surface area contributed by atoms with Gasteiger partial charge in [-0.25, -0.2) is 0 Å². The van der Waals surface area contributed by atoms with Gasteiger partial charge in [0.15, 0.2) is 5.60 Å². The zero-order valence-electron chi connectivity index (χ0n) is 25.3. The number of likely N-dealkylation sites (N-methyl/N-ethyl adjacent to an activating group) is 1. The molecule has 3 fully saturated rings. The number of hydrogen-bond donors (Lipinski definition) is 1. The topological polar surface area (TPSA) is 64.6 Å². The van der Waals surface area contributed by atoms with E-state index in [1.165, 1.54) is 18.4 Å². The lowest BCUT2D eigenvalue weighted by atomic mass is 9.54. The number of esters is 1. The van der Waals surface area contributed by atoms with Crippen LogP contribution in [0, 0.1) is 5.92 Å². The van der Waals surface area contributed by atoms with E-state index in [1.807, 2.05) is 18.2 Å². The smallest absolute Gasteiger partial charge is 0.303 e. The average Bonchev–Trinajstić information content (AvgIpc) is 3.77. The van der Waals surface area contributed by atoms with Gasteiger partial charge in [-0.1, -0.05) is 48.9 Å². The standard InChI is InChI=1S/C35H48N2O4/c1-27(38)41-35-20-19-31(36-33(39)16-9-5-8-13-28-11-6-4-7-12-28)24-34(35,30-14-10-15-32(23-30)40-3)21-22-37(2,26-35)25-29-17-18-29/h4,6-7,10-12,14-15,23,29,31H,5,8-9,13,16-22,24-26H2,1-3H3/p+1/t31-,34-,35?,37+/m0/s1. The summed E-state index contributed by atoms with van der Waals surface area (Å²) >= 11 is 0. The Morgan fingerprint density at radius 1 is 1.00 bits per heavy atom. The molecular weight excluding hydrogens is 512 g/mol. The molecule has 1 saturated heterocycles. The van der Waals surface area contributed by atoms with Gasteiger partial charge in [-0.05, 0) is 74.6 Å². The van der Waals surface area contributed by atoms with Crippen LogP contribution in [-0.4, -0.2) is 61.8 Å². The molecule has 3 aliphatic rings. The molecule has 0 bridgehead atoms. The number of unbranched alkanes of at least 4 members (excludes halogenated alkanes) is 2. The van der Waals surface area contributed by atoms with Crippen molar-refractivity contribution in [2.75, 3.05) is 33.8 Å². The fraction of sp³-hybridized carbons (Fsp3) is 0.600. The second kappa shape index (κ2) is 12.6. The van der Waals surface area contributed by atoms with E-state index >= 15 is 0 Å². The molecule has 5 rings (SSSR count). The van der Waals surface area contributed by atoms with Gasteiger partial charge in [-0.15, -0.1) is 0 Å². The molecule has 2 saturated carbocycles. The van der Waals surface area contributed by atoms with Crippen molar-refractivity contribution < 1.29 is 23.5 Å². The number of ether oxygens (including phenoxy) is 2. The van der Waals surface area contributed by atoms with Crippen molar-refractivity contribution in [1.29, 1.82) is 0 Å². The van der Waals surface area contributed by atoms with Crippen LogP contribution in [0.3, 0.4) is 0 Å². The molecular formula is C35H49N2O4+. The highest BCUT2D eigenvalue weighted by Crippen LogP contribution is 2.55. The summed E-state index contributed by atoms with van der Waals surface area (Å²) in [6.07, 6.45) is 10.6. The average molecular weight is 562 g/mol. The lowest BCUT2D eigenvalue weighted by molar-refractivity contribution is -0.924. The molecule has 6 heteroatoms. The third kappa shape index (κ3) is 6.97. The number of quaternary nitrogens is 1. The van der Waals surface area contributed by atoms with Gasteiger partial charge in [0.25, 0.3) is 0 Å². The number of likely N-dealkylation sites (tertiary alicyclic amines) is 1. The van der Waals surface area contributed by atoms with Crippen LogP contribution in [0.15, 0.2) is 54.6 Å². The Kier molecular flexibility index (Phi) is 9.08. The van der Waals surface area contributed by atoms with E-state index in [2.05, 4.69) is 48.8 Å². The van der Waals surface area contributed by atoms with E-state index in [1.54, 1.807) is 14.0 Å². The molecule has 2 aromatic rings. The van der Waals surface area contributed by atoms with Crippen LogP contribution in [0.1, 0.15) is 82.3 Å². The summed E-state index contributed by atoms with van der Waals surface area (Å²) in [5.74, 6) is 1.54. The number of hydrogen-bond acceptors (Lipinski definition) is 4. The van der Waals surface area contributed by atoms with Crippen LogP contribution in [0.2, 0.25) is 0 Å². The van der Waals surface area contributed by atoms with E-state index in [0.29, 0.717) is 6.42 Å². The molecule has 1 amide bonds. The van der Waals surface area contributed by atoms with Crippen LogP contribution < -0.4 is 10.1 Å². The summed E-state index contributed by atoms with van der Waals surface area (Å²) in [6, 6.07) is 18.9. The molecule has 0 spiro atoms. The summed E-state index contributed by atoms with van der Waals surface area (Å²) in [6.45, 7) is 4.57. The Morgan fingerprint density at radius 3 is 2.54 bits per heavy atom. The highest BCUT2D eigenvalue weighted by molar-refractivity contribution is 5.76. The molecule has 1 N–H and O–H groups in total. The molecule has 6 nitrogen and oxygen atoms in total. The first-order valence-corrected chi connectivity index (χ1v) is 15.8. The van der Waals surface area contributed by atoms with E-state index < -0.39 is 5.60 Å². The first kappa shape index (κ1) is 29.6. The van der Waals surface area contributed by atoms with Crippen molar-refractivity contribution in [3.05, 3.63) is 65.7 Å². The van der Waals surface area contributed by atoms with E-state index in [4.69, 9.17) is 9.47 Å². The maximum Gasteiger partial charge on any atom is 0.303 e. The highest BCUT2D eigenvalue weighted by atomic mass is 16.6. The quantitative estimate of drug-likeness (QED) is 0.197. The summed E-state index contributed by atoms with van der Waals surface area (Å²) < 4.78 is 13.1. The normalized spacial score (nSPS) is 29.3. The van der Waals surface area contributed by atoms with Crippen LogP contribution in [0.5, 0.6) is 5.75 Å². The van der Waals surface area contributed by atoms with Crippen molar-refractivity contribution >= 4 is 11.9 Å². The third-order valence-electron chi connectivity index (χ3n) is 10.0. The first-order valence-electron chi connectivity index (χ1n) is 15.8. The SMILES string of the molecule is COc1cccc([C@@]23CC[N@+](C)(CC4CC4)CC2(OC(C)=O)CC[C@H](NC(=O)CCCCCc2ccccc2)C3)c1. The number of aryl methyl sites for hydroxylation is 1. The lowest BCUT2D eigenvalue weighted by Gasteiger charge is -2.60. The number of piperidine rings is 1. The molecule has 1 heterocycles. The number of nitrogens with zero attached hydrogens (tertiary/aromatic N) is 1. The van der Waals surface area contributed by atoms with Crippen molar-refractivity contribution in [3.8, 4) is 5.75 Å². The van der Waals surface area contributed by atoms with Gasteiger partial charge in [0.1, 0.15) is 12.3 Å². The fourth-order valence-electron chi connectivity index (χ4n) is 7.91. The van der Waals surface area contributed by atoms with Crippen molar-refractivity contribution in [2.45, 2.75) is 94.6 Å². The third-order valence-corrected chi connectivity index (χ3v) is 10.0. The first-order chi connectivity index (χ1) is 19.7. The van der Waals surface area contributed by atoms with Crippen molar-refractivity contribution in [1.82, 2.24) is 5.32 Å². The number of amides is 1. The highest BCUT2D eigenvalue weighted by Gasteiger charge is 2.64. The molecule has 41 heavy (non-hydrogen) atoms. The zero-order chi connectivity index (χ0) is 28.9. The Labute approximate surface area is 246 Å². The number of rotatable bonds is 12. The molecule has 0 aromatic heterocycles. The van der Waals surface area contributed by atoms with Gasteiger partial charge in [-0.3, -0.25) is 9.59 Å². The maximum absolute atomic E-state index is 13.1. The Morgan fingerprint density at radius 2 is 1.80 bits per heavy atom. The molecule has 1 unspecified atom stereocenters. The van der Waals surface area contributed by atoms with Gasteiger partial charge in [0.2, 0.25) is 5.91 Å². The second-order valence-electron chi connectivity index (χ2n) is 13.3.